The quantitative estimate of drug-likeness (QED) is 0.101. The molecule has 12 nitrogen and oxygen atoms in total. The smallest absolute Gasteiger partial charge is 0.216 e. The van der Waals surface area contributed by atoms with E-state index in [-0.39, 0.29) is 99.6 Å². The Morgan fingerprint density at radius 3 is 1.07 bits per heavy atom. The van der Waals surface area contributed by atoms with Gasteiger partial charge >= 0.3 is 0 Å². The predicted molar refractivity (Wildman–Crippen MR) is 595 cm³/mol. The van der Waals surface area contributed by atoms with Gasteiger partial charge in [-0.1, -0.05) is 258 Å². The average molecular weight is 2510 g/mol. The molecule has 12 heterocycles. The third kappa shape index (κ3) is 23.5. The molecule has 6 atom stereocenters. The van der Waals surface area contributed by atoms with E-state index >= 15 is 0 Å². The molecule has 4 bridgehead atoms. The van der Waals surface area contributed by atoms with E-state index in [1.54, 1.807) is 63.4 Å². The van der Waals surface area contributed by atoms with Crippen LogP contribution in [0.2, 0.25) is 0 Å². The fraction of sp³-hybridized carbons (Fsp3) is 0.261. The van der Waals surface area contributed by atoms with Gasteiger partial charge in [0.25, 0.3) is 0 Å². The van der Waals surface area contributed by atoms with Crippen molar-refractivity contribution in [2.75, 3.05) is 0 Å². The van der Waals surface area contributed by atoms with Crippen molar-refractivity contribution in [3.63, 3.8) is 0 Å². The first-order valence-electron chi connectivity index (χ1n) is 61.0. The van der Waals surface area contributed by atoms with E-state index in [0.29, 0.717) is 124 Å². The summed E-state index contributed by atoms with van der Waals surface area (Å²) in [6.45, 7) is 2.18. The zero-order chi connectivity index (χ0) is 119. The molecule has 5 saturated carbocycles. The summed E-state index contributed by atoms with van der Waals surface area (Å²) in [6, 6.07) is 97.2. The number of benzene rings is 9. The van der Waals surface area contributed by atoms with Crippen LogP contribution in [0.5, 0.6) is 0 Å². The molecule has 5 aliphatic rings. The Morgan fingerprint density at radius 1 is 0.342 bits per heavy atom. The second kappa shape index (κ2) is 46.4. The standard InChI is InChI=1S/C25H23N2O.C25H25N2O.C24H21N2O.3C20H18N.3Ir/c1-15-5-8-21-20-3-2-4-22(24(20)28-25(21)27-15)23-14-17(9-10-26-23)13-19-12-16-6-7-18(19)11-16;1-16-7-8-20-19-5-4-6-21(23(19)28-24(20)27-16)22-15-18(11-14-26-22)17-9-12-25(2,3)13-10-17;1-14-5-8-19-18-3-2-4-20(23(18)27-24(19)26-14)22-13-17(9-10-25-22)21-12-15-6-7-16(21)11-15;3*1-14-9-10-18(20-11-15(2)16(3)13-21-20)12-19(14)17-7-5-4-6-8-17;;;/h2-3,5,8-10,14,16,18-19H,6-7,11-13H2,1H3;4-5,7-8,11,14-15,17H,9-10,12-13H2,1-3H3;2-3,5,8-10,13,15-16,21H,6-7,11-12H2,1H3;3*4-9,11-13H,1-3H3;;;/q6*-1;;;/i13D2;17D;21D;3*1D3,3D3;;;. The summed E-state index contributed by atoms with van der Waals surface area (Å²) in [6.07, 6.45) is 21.3. The predicted octanol–water partition coefficient (Wildman–Crippen LogP) is 34.4. The number of nitrogens with zero attached hydrogens (tertiary/aromatic N) is 9. The molecule has 5 fully saturated rings. The number of fused-ring (bicyclic) bond motifs is 13. The van der Waals surface area contributed by atoms with Crippen molar-refractivity contribution in [3.05, 3.63) is 412 Å². The summed E-state index contributed by atoms with van der Waals surface area (Å²) >= 11 is 0. The number of rotatable bonds is 13. The van der Waals surface area contributed by atoms with Gasteiger partial charge in [-0.3, -0.25) is 0 Å². The summed E-state index contributed by atoms with van der Waals surface area (Å²) in [7, 11) is 0. The molecule has 3 radical (unpaired) electrons. The van der Waals surface area contributed by atoms with E-state index < -0.39 is 59.3 Å². The van der Waals surface area contributed by atoms with Gasteiger partial charge in [0.05, 0.1) is 16.7 Å². The molecule has 6 unspecified atom stereocenters. The first-order chi connectivity index (χ1) is 79.7. The van der Waals surface area contributed by atoms with Crippen LogP contribution in [-0.4, -0.2) is 44.9 Å². The van der Waals surface area contributed by atoms with Gasteiger partial charge < -0.3 is 43.2 Å². The minimum Gasteiger partial charge on any atom is -0.486 e. The molecule has 149 heavy (non-hydrogen) atoms. The SMILES string of the molecule is [2H]C([2H])([2H])c1cnc(-c2[c-]cc(C([2H])([2H])[2H])c(-c3ccccc3)c2)cc1C.[2H]C([2H])([2H])c1cnc(-c2[c-]cc(C([2H])([2H])[2H])c(-c3ccccc3)c2)cc1C.[2H]C([2H])([2H])c1cnc(-c2[c-]cc(C([2H])([2H])[2H])c(-c3ccccc3)c2)cc1C.[2H]C([2H])(c1ccnc(-c2[c-]ccc3c2oc2nc(C)ccc23)c1)C1CC2CCC1C2.[2H]C1(c2ccnc(-c3[c-]ccc4c3oc3nc(C)ccc34)c2)CC2CCC1C2.[2H]C1(c2ccnc(-c3[c-]ccc4c3oc3nc(C)ccc34)c2)CCC(C)(C)CC1.[Ir].[Ir].[Ir]. The van der Waals surface area contributed by atoms with Crippen LogP contribution in [0.25, 0.3) is 167 Å². The molecule has 9 aromatic carbocycles. The maximum Gasteiger partial charge on any atom is 0.216 e. The molecule has 755 valence electrons. The summed E-state index contributed by atoms with van der Waals surface area (Å²) in [4.78, 5) is 40.2. The Balaban J connectivity index is 0.000000130. The molecule has 15 heteroatoms. The van der Waals surface area contributed by atoms with E-state index in [9.17, 15) is 1.37 Å². The molecule has 26 rings (SSSR count). The summed E-state index contributed by atoms with van der Waals surface area (Å²) < 4.78 is 193. The van der Waals surface area contributed by atoms with E-state index in [0.717, 1.165) is 161 Å². The van der Waals surface area contributed by atoms with Crippen LogP contribution < -0.4 is 0 Å². The number of pyridine rings is 9. The van der Waals surface area contributed by atoms with Crippen LogP contribution in [0, 0.1) is 154 Å². The van der Waals surface area contributed by atoms with Crippen LogP contribution in [0.4, 0.5) is 0 Å². The number of aryl methyl sites for hydroxylation is 12. The second-order valence-electron chi connectivity index (χ2n) is 39.9. The second-order valence-corrected chi connectivity index (χ2v) is 39.9. The fourth-order valence-electron chi connectivity index (χ4n) is 21.1. The maximum atomic E-state index is 9.17. The zero-order valence-corrected chi connectivity index (χ0v) is 91.0. The summed E-state index contributed by atoms with van der Waals surface area (Å²) in [5.41, 5.74) is 25.5. The minimum atomic E-state index is -2.27. The van der Waals surface area contributed by atoms with Crippen LogP contribution >= 0.6 is 0 Å². The van der Waals surface area contributed by atoms with Crippen molar-refractivity contribution in [2.45, 2.75) is 192 Å². The van der Waals surface area contributed by atoms with E-state index in [2.05, 4.69) is 119 Å². The largest absolute Gasteiger partial charge is 0.486 e. The third-order valence-electron chi connectivity index (χ3n) is 29.2. The fourth-order valence-corrected chi connectivity index (χ4v) is 21.1. The van der Waals surface area contributed by atoms with Crippen LogP contribution in [0.1, 0.15) is 217 Å². The Bertz CT molecular complexity index is 9000. The van der Waals surface area contributed by atoms with Gasteiger partial charge in [-0.2, -0.15) is 0 Å². The van der Waals surface area contributed by atoms with Crippen LogP contribution in [0.15, 0.2) is 305 Å². The maximum absolute atomic E-state index is 9.17. The normalized spacial score (nSPS) is 20.1. The summed E-state index contributed by atoms with van der Waals surface area (Å²) in [5, 5.41) is 6.02. The molecule has 21 aromatic rings. The molecule has 0 amide bonds. The van der Waals surface area contributed by atoms with Crippen molar-refractivity contribution < 1.29 is 104 Å². The number of furan rings is 3. The van der Waals surface area contributed by atoms with Crippen LogP contribution in [0.3, 0.4) is 0 Å². The molecule has 5 aliphatic carbocycles. The van der Waals surface area contributed by atoms with Crippen molar-refractivity contribution >= 4 is 66.2 Å². The van der Waals surface area contributed by atoms with Gasteiger partial charge in [-0.25, -0.2) is 15.0 Å². The van der Waals surface area contributed by atoms with Crippen LogP contribution in [-0.2, 0) is 66.7 Å². The molecular weight excluding hydrogens is 2360 g/mol. The molecule has 0 spiro atoms. The Kier molecular flexibility index (Phi) is 25.1. The number of hydrogen-bond acceptors (Lipinski definition) is 12. The number of hydrogen-bond donors (Lipinski definition) is 0. The molecular formula is C134H123Ir3N9O3-6. The van der Waals surface area contributed by atoms with Gasteiger partial charge in [0.15, 0.2) is 0 Å². The molecule has 0 saturated heterocycles. The average Bonchev–Trinajstić information content (AvgIpc) is 1.60. The number of aromatic nitrogens is 9. The first kappa shape index (κ1) is 80.7. The van der Waals surface area contributed by atoms with Gasteiger partial charge in [0.2, 0.25) is 17.1 Å². The Labute approximate surface area is 948 Å². The van der Waals surface area contributed by atoms with Crippen molar-refractivity contribution in [1.82, 2.24) is 44.9 Å². The van der Waals surface area contributed by atoms with E-state index in [1.807, 2.05) is 209 Å². The Hall–Kier alpha value is -13.3. The minimum absolute atomic E-state index is 0. The van der Waals surface area contributed by atoms with Crippen molar-refractivity contribution in [1.29, 1.82) is 0 Å². The topological polar surface area (TPSA) is 155 Å². The van der Waals surface area contributed by atoms with Gasteiger partial charge in [-0.15, -0.1) is 143 Å². The third-order valence-corrected chi connectivity index (χ3v) is 29.2. The molecule has 0 aliphatic heterocycles. The monoisotopic (exact) mass is 2510 g/mol. The summed E-state index contributed by atoms with van der Waals surface area (Å²) in [5.74, 6) is 1.51. The van der Waals surface area contributed by atoms with Gasteiger partial charge in [-0.05, 0) is 302 Å². The van der Waals surface area contributed by atoms with Crippen molar-refractivity contribution in [3.8, 4) is 101 Å². The van der Waals surface area contributed by atoms with Crippen molar-refractivity contribution in [2.24, 2.45) is 35.0 Å². The molecule has 12 aromatic heterocycles. The van der Waals surface area contributed by atoms with E-state index in [1.165, 1.54) is 75.3 Å². The first-order valence-corrected chi connectivity index (χ1v) is 50.0. The van der Waals surface area contributed by atoms with Gasteiger partial charge in [0, 0.05) is 161 Å². The zero-order valence-electron chi connectivity index (χ0n) is 106. The molecule has 0 N–H and O–H groups in total. The Morgan fingerprint density at radius 2 is 0.711 bits per heavy atom. The van der Waals surface area contributed by atoms with E-state index in [4.69, 9.17) is 42.0 Å². The van der Waals surface area contributed by atoms with Gasteiger partial charge in [0.1, 0.15) is 0 Å².